The molecule has 0 heterocycles. The lowest BCUT2D eigenvalue weighted by molar-refractivity contribution is 0.393. The Bertz CT molecular complexity index is 1370. The third-order valence-electron chi connectivity index (χ3n) is 5.61. The monoisotopic (exact) mass is 507 g/mol. The zero-order chi connectivity index (χ0) is 23.8. The largest absolute Gasteiger partial charge is 0.224 e. The average Bonchev–Trinajstić information content (AvgIpc) is 3.62. The van der Waals surface area contributed by atoms with E-state index in [9.17, 15) is 21.2 Å². The van der Waals surface area contributed by atoms with E-state index in [1.165, 1.54) is 16.4 Å². The molecule has 5 nitrogen and oxygen atoms in total. The van der Waals surface area contributed by atoms with Crippen LogP contribution in [-0.2, 0) is 33.0 Å². The number of rotatable bonds is 8. The first-order valence-corrected chi connectivity index (χ1v) is 14.1. The first kappa shape index (κ1) is 23.9. The summed E-state index contributed by atoms with van der Waals surface area (Å²) in [4.78, 5) is 0.229. The zero-order valence-electron chi connectivity index (χ0n) is 17.9. The third kappa shape index (κ3) is 5.46. The molecule has 0 bridgehead atoms. The van der Waals surface area contributed by atoms with Gasteiger partial charge in [0.15, 0.2) is 9.84 Å². The van der Waals surface area contributed by atoms with Crippen LogP contribution in [0.2, 0.25) is 5.02 Å². The summed E-state index contributed by atoms with van der Waals surface area (Å²) in [5.41, 5.74) is 2.43. The van der Waals surface area contributed by atoms with Gasteiger partial charge in [-0.15, -0.1) is 0 Å². The van der Waals surface area contributed by atoms with Crippen LogP contribution in [-0.4, -0.2) is 32.6 Å². The standard InChI is InChI=1S/C24H23ClFNO4S2/c1-32(28,29)21-5-2-4-19(14-21)18-10-8-17(9-11-18)15-27(33(30,31)20-12-13-20)16-22-23(25)6-3-7-24(22)26/h2-11,14,20H,12-13,15-16H2,1H3. The molecule has 9 heteroatoms. The van der Waals surface area contributed by atoms with E-state index in [0.29, 0.717) is 12.8 Å². The molecule has 33 heavy (non-hydrogen) atoms. The van der Waals surface area contributed by atoms with E-state index < -0.39 is 30.9 Å². The summed E-state index contributed by atoms with van der Waals surface area (Å²) in [6, 6.07) is 18.2. The Hall–Kier alpha value is -2.26. The predicted octanol–water partition coefficient (Wildman–Crippen LogP) is 5.04. The van der Waals surface area contributed by atoms with Crippen molar-refractivity contribution in [1.29, 1.82) is 0 Å². The van der Waals surface area contributed by atoms with Gasteiger partial charge >= 0.3 is 0 Å². The number of nitrogens with zero attached hydrogens (tertiary/aromatic N) is 1. The molecular weight excluding hydrogens is 485 g/mol. The molecule has 0 saturated heterocycles. The second kappa shape index (κ2) is 9.18. The Balaban J connectivity index is 1.61. The molecule has 0 spiro atoms. The minimum atomic E-state index is -3.60. The third-order valence-corrected chi connectivity index (χ3v) is 9.37. The van der Waals surface area contributed by atoms with Crippen LogP contribution in [0.4, 0.5) is 4.39 Å². The molecule has 3 aromatic carbocycles. The van der Waals surface area contributed by atoms with Crippen LogP contribution < -0.4 is 0 Å². The van der Waals surface area contributed by atoms with Gasteiger partial charge in [0.1, 0.15) is 5.82 Å². The van der Waals surface area contributed by atoms with Crippen molar-refractivity contribution in [2.75, 3.05) is 6.26 Å². The summed E-state index contributed by atoms with van der Waals surface area (Å²) in [6.45, 7) is -0.0738. The van der Waals surface area contributed by atoms with Crippen LogP contribution in [0.25, 0.3) is 11.1 Å². The molecule has 1 aliphatic carbocycles. The predicted molar refractivity (Wildman–Crippen MR) is 128 cm³/mol. The summed E-state index contributed by atoms with van der Waals surface area (Å²) < 4.78 is 65.4. The van der Waals surface area contributed by atoms with Crippen molar-refractivity contribution in [2.45, 2.75) is 36.1 Å². The summed E-state index contributed by atoms with van der Waals surface area (Å²) in [6.07, 6.45) is 2.35. The number of sulfonamides is 1. The Kier molecular flexibility index (Phi) is 6.64. The van der Waals surface area contributed by atoms with Gasteiger partial charge in [-0.1, -0.05) is 54.1 Å². The molecule has 0 aromatic heterocycles. The van der Waals surface area contributed by atoms with E-state index in [4.69, 9.17) is 11.6 Å². The van der Waals surface area contributed by atoms with Crippen molar-refractivity contribution < 1.29 is 21.2 Å². The fourth-order valence-corrected chi connectivity index (χ4v) is 6.27. The Labute approximate surface area is 198 Å². The highest BCUT2D eigenvalue weighted by Crippen LogP contribution is 2.34. The highest BCUT2D eigenvalue weighted by molar-refractivity contribution is 7.90. The maximum absolute atomic E-state index is 14.4. The molecule has 174 valence electrons. The van der Waals surface area contributed by atoms with Gasteiger partial charge < -0.3 is 0 Å². The number of benzene rings is 3. The molecule has 4 rings (SSSR count). The fraction of sp³-hybridized carbons (Fsp3) is 0.250. The maximum Gasteiger partial charge on any atom is 0.217 e. The normalized spacial score (nSPS) is 14.5. The molecule has 1 fully saturated rings. The molecule has 3 aromatic rings. The van der Waals surface area contributed by atoms with Gasteiger partial charge in [0.05, 0.1) is 10.1 Å². The van der Waals surface area contributed by atoms with E-state index in [2.05, 4.69) is 0 Å². The molecule has 0 amide bonds. The summed E-state index contributed by atoms with van der Waals surface area (Å²) >= 11 is 6.15. The molecule has 1 aliphatic rings. The van der Waals surface area contributed by atoms with Gasteiger partial charge in [-0.2, -0.15) is 4.31 Å². The van der Waals surface area contributed by atoms with Gasteiger partial charge in [-0.05, 0) is 53.8 Å². The molecule has 0 radical (unpaired) electrons. The van der Waals surface area contributed by atoms with Crippen LogP contribution >= 0.6 is 11.6 Å². The van der Waals surface area contributed by atoms with Crippen molar-refractivity contribution in [3.8, 4) is 11.1 Å². The lowest BCUT2D eigenvalue weighted by atomic mass is 10.0. The highest BCUT2D eigenvalue weighted by atomic mass is 35.5. The summed E-state index contributed by atoms with van der Waals surface area (Å²) in [7, 11) is -6.93. The number of sulfone groups is 1. The van der Waals surface area contributed by atoms with Crippen LogP contribution in [0.5, 0.6) is 0 Å². The van der Waals surface area contributed by atoms with Crippen molar-refractivity contribution >= 4 is 31.5 Å². The van der Waals surface area contributed by atoms with E-state index in [1.54, 1.807) is 36.4 Å². The van der Waals surface area contributed by atoms with E-state index in [-0.39, 0.29) is 28.6 Å². The first-order chi connectivity index (χ1) is 15.6. The van der Waals surface area contributed by atoms with E-state index >= 15 is 0 Å². The molecule has 0 unspecified atom stereocenters. The van der Waals surface area contributed by atoms with Crippen molar-refractivity contribution in [3.05, 3.63) is 88.7 Å². The van der Waals surface area contributed by atoms with Crippen LogP contribution in [0.1, 0.15) is 24.0 Å². The average molecular weight is 508 g/mol. The minimum Gasteiger partial charge on any atom is -0.224 e. The lowest BCUT2D eigenvalue weighted by Crippen LogP contribution is -2.33. The summed E-state index contributed by atoms with van der Waals surface area (Å²) in [5.74, 6) is -0.542. The quantitative estimate of drug-likeness (QED) is 0.428. The topological polar surface area (TPSA) is 71.5 Å². The second-order valence-corrected chi connectivity index (χ2v) is 12.8. The van der Waals surface area contributed by atoms with Gasteiger partial charge in [0, 0.05) is 29.9 Å². The van der Waals surface area contributed by atoms with E-state index in [1.807, 2.05) is 18.2 Å². The molecule has 1 saturated carbocycles. The van der Waals surface area contributed by atoms with Gasteiger partial charge in [0.2, 0.25) is 10.0 Å². The van der Waals surface area contributed by atoms with Gasteiger partial charge in [-0.25, -0.2) is 21.2 Å². The lowest BCUT2D eigenvalue weighted by Gasteiger charge is -2.23. The molecule has 0 atom stereocenters. The number of hydrogen-bond donors (Lipinski definition) is 0. The Morgan fingerprint density at radius 3 is 2.18 bits per heavy atom. The van der Waals surface area contributed by atoms with Crippen molar-refractivity contribution in [2.24, 2.45) is 0 Å². The Morgan fingerprint density at radius 1 is 0.909 bits per heavy atom. The zero-order valence-corrected chi connectivity index (χ0v) is 20.3. The van der Waals surface area contributed by atoms with Crippen molar-refractivity contribution in [3.63, 3.8) is 0 Å². The molecule has 0 aliphatic heterocycles. The summed E-state index contributed by atoms with van der Waals surface area (Å²) in [5, 5.41) is -0.256. The number of halogens is 2. The smallest absolute Gasteiger partial charge is 0.217 e. The van der Waals surface area contributed by atoms with Crippen LogP contribution in [0.3, 0.4) is 0 Å². The molecule has 0 N–H and O–H groups in total. The SMILES string of the molecule is CS(=O)(=O)c1cccc(-c2ccc(CN(Cc3c(F)cccc3Cl)S(=O)(=O)C3CC3)cc2)c1. The van der Waals surface area contributed by atoms with Crippen molar-refractivity contribution in [1.82, 2.24) is 4.31 Å². The highest BCUT2D eigenvalue weighted by Gasteiger charge is 2.40. The Morgan fingerprint density at radius 2 is 1.58 bits per heavy atom. The van der Waals surface area contributed by atoms with Gasteiger partial charge in [0.25, 0.3) is 0 Å². The fourth-order valence-electron chi connectivity index (χ4n) is 3.58. The minimum absolute atomic E-state index is 0.0765. The molecular formula is C24H23ClFNO4S2. The number of hydrogen-bond acceptors (Lipinski definition) is 4. The van der Waals surface area contributed by atoms with Crippen LogP contribution in [0.15, 0.2) is 71.6 Å². The first-order valence-electron chi connectivity index (χ1n) is 10.4. The van der Waals surface area contributed by atoms with E-state index in [0.717, 1.165) is 22.9 Å². The second-order valence-electron chi connectivity index (χ2n) is 8.21. The van der Waals surface area contributed by atoms with Crippen LogP contribution in [0, 0.1) is 5.82 Å². The van der Waals surface area contributed by atoms with Gasteiger partial charge in [-0.3, -0.25) is 0 Å². The maximum atomic E-state index is 14.4.